The Morgan fingerprint density at radius 2 is 2.20 bits per heavy atom. The van der Waals surface area contributed by atoms with Crippen LogP contribution >= 0.6 is 0 Å². The first-order chi connectivity index (χ1) is 7.34. The highest BCUT2D eigenvalue weighted by Gasteiger charge is 2.21. The van der Waals surface area contributed by atoms with E-state index in [-0.39, 0.29) is 12.1 Å². The molecule has 1 saturated heterocycles. The number of carbonyl (C=O) groups is 1. The third kappa shape index (κ3) is 2.95. The van der Waals surface area contributed by atoms with E-state index in [0.29, 0.717) is 19.8 Å². The molecule has 2 rings (SSSR count). The van der Waals surface area contributed by atoms with E-state index in [1.165, 1.54) is 0 Å². The molecule has 1 atom stereocenters. The van der Waals surface area contributed by atoms with Crippen molar-refractivity contribution in [1.82, 2.24) is 5.32 Å². The van der Waals surface area contributed by atoms with Crippen LogP contribution in [0, 0.1) is 0 Å². The van der Waals surface area contributed by atoms with Gasteiger partial charge < -0.3 is 14.8 Å². The molecular weight excluding hydrogens is 194 g/mol. The Labute approximate surface area is 88.2 Å². The number of nitrogens with one attached hydrogen (secondary N) is 1. The van der Waals surface area contributed by atoms with Crippen molar-refractivity contribution in [3.63, 3.8) is 0 Å². The molecule has 1 fully saturated rings. The lowest BCUT2D eigenvalue weighted by Gasteiger charge is -2.08. The van der Waals surface area contributed by atoms with Crippen LogP contribution in [-0.2, 0) is 16.1 Å². The Kier molecular flexibility index (Phi) is 3.19. The first kappa shape index (κ1) is 9.98. The van der Waals surface area contributed by atoms with Gasteiger partial charge in [-0.05, 0) is 5.56 Å². The van der Waals surface area contributed by atoms with E-state index in [1.54, 1.807) is 0 Å². The molecule has 0 unspecified atom stereocenters. The van der Waals surface area contributed by atoms with E-state index in [9.17, 15) is 4.79 Å². The highest BCUT2D eigenvalue weighted by molar-refractivity contribution is 5.69. The molecule has 0 aromatic heterocycles. The third-order valence-corrected chi connectivity index (χ3v) is 2.17. The van der Waals surface area contributed by atoms with E-state index in [2.05, 4.69) is 5.32 Å². The summed E-state index contributed by atoms with van der Waals surface area (Å²) in [5, 5.41) is 2.65. The monoisotopic (exact) mass is 207 g/mol. The van der Waals surface area contributed by atoms with E-state index in [1.807, 2.05) is 30.3 Å². The quantitative estimate of drug-likeness (QED) is 0.809. The van der Waals surface area contributed by atoms with E-state index >= 15 is 0 Å². The van der Waals surface area contributed by atoms with Crippen molar-refractivity contribution in [2.75, 3.05) is 13.2 Å². The van der Waals surface area contributed by atoms with Crippen LogP contribution in [0.3, 0.4) is 0 Å². The molecule has 15 heavy (non-hydrogen) atoms. The average molecular weight is 207 g/mol. The highest BCUT2D eigenvalue weighted by atomic mass is 16.6. The minimum Gasteiger partial charge on any atom is -0.447 e. The van der Waals surface area contributed by atoms with Crippen LogP contribution < -0.4 is 5.32 Å². The van der Waals surface area contributed by atoms with Gasteiger partial charge in [-0.3, -0.25) is 0 Å². The fourth-order valence-electron chi connectivity index (χ4n) is 1.41. The van der Waals surface area contributed by atoms with Gasteiger partial charge in [0.1, 0.15) is 6.61 Å². The minimum atomic E-state index is -0.358. The lowest BCUT2D eigenvalue weighted by atomic mass is 10.2. The fourth-order valence-corrected chi connectivity index (χ4v) is 1.41. The van der Waals surface area contributed by atoms with Gasteiger partial charge in [0.05, 0.1) is 19.3 Å². The lowest BCUT2D eigenvalue weighted by molar-refractivity contribution is 0.0986. The number of amides is 1. The maximum Gasteiger partial charge on any atom is 0.407 e. The van der Waals surface area contributed by atoms with Gasteiger partial charge in [0, 0.05) is 0 Å². The zero-order chi connectivity index (χ0) is 10.5. The van der Waals surface area contributed by atoms with Crippen molar-refractivity contribution in [3.05, 3.63) is 35.9 Å². The molecule has 1 amide bonds. The van der Waals surface area contributed by atoms with Crippen LogP contribution in [0.15, 0.2) is 30.3 Å². The molecule has 0 bridgehead atoms. The summed E-state index contributed by atoms with van der Waals surface area (Å²) in [7, 11) is 0. The van der Waals surface area contributed by atoms with Crippen LogP contribution in [0.5, 0.6) is 0 Å². The first-order valence-electron chi connectivity index (χ1n) is 4.89. The topological polar surface area (TPSA) is 47.6 Å². The molecule has 0 radical (unpaired) electrons. The van der Waals surface area contributed by atoms with Crippen molar-refractivity contribution in [2.45, 2.75) is 12.6 Å². The number of hydrogen-bond acceptors (Lipinski definition) is 3. The Morgan fingerprint density at radius 3 is 2.87 bits per heavy atom. The summed E-state index contributed by atoms with van der Waals surface area (Å²) in [4.78, 5) is 10.7. The number of alkyl carbamates (subject to hydrolysis) is 1. The van der Waals surface area contributed by atoms with Crippen molar-refractivity contribution < 1.29 is 14.3 Å². The average Bonchev–Trinajstić information content (AvgIpc) is 2.66. The largest absolute Gasteiger partial charge is 0.447 e. The predicted molar refractivity (Wildman–Crippen MR) is 54.4 cm³/mol. The zero-order valence-electron chi connectivity index (χ0n) is 8.31. The van der Waals surface area contributed by atoms with Crippen molar-refractivity contribution >= 4 is 6.09 Å². The highest BCUT2D eigenvalue weighted by Crippen LogP contribution is 2.03. The van der Waals surface area contributed by atoms with Crippen LogP contribution in [0.1, 0.15) is 5.56 Å². The normalized spacial score (nSPS) is 19.7. The number of ether oxygens (including phenoxy) is 2. The van der Waals surface area contributed by atoms with Gasteiger partial charge in [0.15, 0.2) is 0 Å². The number of hydrogen-bond donors (Lipinski definition) is 1. The fraction of sp³-hybridized carbons (Fsp3) is 0.364. The number of benzene rings is 1. The Balaban J connectivity index is 1.69. The van der Waals surface area contributed by atoms with Crippen LogP contribution in [0.2, 0.25) is 0 Å². The molecule has 4 nitrogen and oxygen atoms in total. The number of cyclic esters (lactones) is 1. The molecule has 80 valence electrons. The van der Waals surface area contributed by atoms with Gasteiger partial charge in [-0.25, -0.2) is 4.79 Å². The van der Waals surface area contributed by atoms with E-state index in [4.69, 9.17) is 9.47 Å². The van der Waals surface area contributed by atoms with Crippen LogP contribution in [0.25, 0.3) is 0 Å². The summed E-state index contributed by atoms with van der Waals surface area (Å²) in [6, 6.07) is 9.90. The maximum absolute atomic E-state index is 10.7. The van der Waals surface area contributed by atoms with Gasteiger partial charge >= 0.3 is 6.09 Å². The summed E-state index contributed by atoms with van der Waals surface area (Å²) in [6.45, 7) is 1.45. The Bertz CT molecular complexity index is 326. The molecule has 4 heteroatoms. The molecule has 1 aliphatic rings. The van der Waals surface area contributed by atoms with E-state index < -0.39 is 0 Å². The van der Waals surface area contributed by atoms with E-state index in [0.717, 1.165) is 5.56 Å². The minimum absolute atomic E-state index is 0.0128. The molecule has 0 saturated carbocycles. The van der Waals surface area contributed by atoms with Crippen molar-refractivity contribution in [1.29, 1.82) is 0 Å². The smallest absolute Gasteiger partial charge is 0.407 e. The molecular formula is C11H13NO3. The van der Waals surface area contributed by atoms with Gasteiger partial charge in [-0.1, -0.05) is 30.3 Å². The molecule has 1 aromatic rings. The summed E-state index contributed by atoms with van der Waals surface area (Å²) >= 11 is 0. The maximum atomic E-state index is 10.7. The number of carbonyl (C=O) groups excluding carboxylic acids is 1. The standard InChI is InChI=1S/C11H13NO3/c13-11-12-10(8-15-11)7-14-6-9-4-2-1-3-5-9/h1-5,10H,6-8H2,(H,12,13)/t10-/m1/s1. The molecule has 1 heterocycles. The SMILES string of the molecule is O=C1N[C@H](COCc2ccccc2)CO1. The molecule has 0 aliphatic carbocycles. The van der Waals surface area contributed by atoms with Crippen molar-refractivity contribution in [2.24, 2.45) is 0 Å². The second kappa shape index (κ2) is 4.79. The second-order valence-corrected chi connectivity index (χ2v) is 3.44. The second-order valence-electron chi connectivity index (χ2n) is 3.44. The molecule has 1 aromatic carbocycles. The molecule has 1 aliphatic heterocycles. The first-order valence-corrected chi connectivity index (χ1v) is 4.89. The predicted octanol–water partition coefficient (Wildman–Crippen LogP) is 1.31. The van der Waals surface area contributed by atoms with Crippen LogP contribution in [-0.4, -0.2) is 25.3 Å². The molecule has 1 N–H and O–H groups in total. The summed E-state index contributed by atoms with van der Waals surface area (Å²) in [6.07, 6.45) is -0.358. The van der Waals surface area contributed by atoms with Gasteiger partial charge in [0.25, 0.3) is 0 Å². The summed E-state index contributed by atoms with van der Waals surface area (Å²) in [5.74, 6) is 0. The Hall–Kier alpha value is -1.55. The van der Waals surface area contributed by atoms with Crippen LogP contribution in [0.4, 0.5) is 4.79 Å². The lowest BCUT2D eigenvalue weighted by Crippen LogP contribution is -2.30. The van der Waals surface area contributed by atoms with Gasteiger partial charge in [-0.15, -0.1) is 0 Å². The van der Waals surface area contributed by atoms with Crippen molar-refractivity contribution in [3.8, 4) is 0 Å². The third-order valence-electron chi connectivity index (χ3n) is 2.17. The summed E-state index contributed by atoms with van der Waals surface area (Å²) in [5.41, 5.74) is 1.13. The van der Waals surface area contributed by atoms with Gasteiger partial charge in [-0.2, -0.15) is 0 Å². The Morgan fingerprint density at radius 1 is 1.40 bits per heavy atom. The molecule has 0 spiro atoms. The summed E-state index contributed by atoms with van der Waals surface area (Å²) < 4.78 is 10.2. The zero-order valence-corrected chi connectivity index (χ0v) is 8.31. The van der Waals surface area contributed by atoms with Gasteiger partial charge in [0.2, 0.25) is 0 Å². The number of rotatable bonds is 4.